The predicted octanol–water partition coefficient (Wildman–Crippen LogP) is 2.97. The van der Waals surface area contributed by atoms with Gasteiger partial charge in [-0.15, -0.1) is 0 Å². The molecule has 1 aliphatic heterocycles. The van der Waals surface area contributed by atoms with Gasteiger partial charge in [-0.1, -0.05) is 24.3 Å². The lowest BCUT2D eigenvalue weighted by Crippen LogP contribution is -2.32. The predicted molar refractivity (Wildman–Crippen MR) is 101 cm³/mol. The van der Waals surface area contributed by atoms with E-state index in [2.05, 4.69) is 15.4 Å². The molecule has 1 aliphatic rings. The zero-order valence-electron chi connectivity index (χ0n) is 15.2. The van der Waals surface area contributed by atoms with E-state index in [0.717, 1.165) is 22.6 Å². The average Bonchev–Trinajstić information content (AvgIpc) is 3.36. The van der Waals surface area contributed by atoms with Gasteiger partial charge in [0.2, 0.25) is 5.91 Å². The number of para-hydroxylation sites is 1. The van der Waals surface area contributed by atoms with Gasteiger partial charge in [0.1, 0.15) is 6.10 Å². The molecule has 6 heteroatoms. The third kappa shape index (κ3) is 3.61. The summed E-state index contributed by atoms with van der Waals surface area (Å²) in [5, 5.41) is 7.47. The first-order valence-electron chi connectivity index (χ1n) is 9.13. The number of ether oxygens (including phenoxy) is 1. The summed E-state index contributed by atoms with van der Waals surface area (Å²) in [7, 11) is 0. The Morgan fingerprint density at radius 3 is 2.85 bits per heavy atom. The van der Waals surface area contributed by atoms with E-state index in [1.807, 2.05) is 60.1 Å². The lowest BCUT2D eigenvalue weighted by atomic mass is 9.97. The maximum atomic E-state index is 12.8. The Labute approximate surface area is 158 Å². The highest BCUT2D eigenvalue weighted by Crippen LogP contribution is 2.35. The number of carbonyl (C=O) groups is 1. The van der Waals surface area contributed by atoms with Crippen molar-refractivity contribution in [2.75, 3.05) is 6.61 Å². The number of hydrogen-bond acceptors (Lipinski definition) is 4. The zero-order chi connectivity index (χ0) is 18.6. The van der Waals surface area contributed by atoms with Crippen LogP contribution in [0.5, 0.6) is 0 Å². The SMILES string of the molecule is Cc1ccccc1-n1nccc1[C@H]1OCC[C@@H]1C(=O)NCc1ccccn1. The molecule has 1 saturated heterocycles. The number of benzene rings is 1. The smallest absolute Gasteiger partial charge is 0.226 e. The van der Waals surface area contributed by atoms with Gasteiger partial charge in [-0.05, 0) is 43.2 Å². The molecule has 3 heterocycles. The number of rotatable bonds is 5. The number of amides is 1. The highest BCUT2D eigenvalue weighted by Gasteiger charge is 2.37. The van der Waals surface area contributed by atoms with E-state index in [1.54, 1.807) is 12.4 Å². The Balaban J connectivity index is 1.53. The second kappa shape index (κ2) is 7.72. The summed E-state index contributed by atoms with van der Waals surface area (Å²) in [6.07, 6.45) is 3.86. The summed E-state index contributed by atoms with van der Waals surface area (Å²) in [5.41, 5.74) is 3.86. The molecule has 1 fully saturated rings. The van der Waals surface area contributed by atoms with Gasteiger partial charge in [0.25, 0.3) is 0 Å². The molecule has 0 saturated carbocycles. The van der Waals surface area contributed by atoms with Crippen LogP contribution in [0, 0.1) is 12.8 Å². The summed E-state index contributed by atoms with van der Waals surface area (Å²) >= 11 is 0. The molecule has 0 spiro atoms. The van der Waals surface area contributed by atoms with Crippen LogP contribution in [0.15, 0.2) is 60.9 Å². The van der Waals surface area contributed by atoms with E-state index < -0.39 is 0 Å². The zero-order valence-corrected chi connectivity index (χ0v) is 15.2. The minimum absolute atomic E-state index is 0.0133. The Bertz CT molecular complexity index is 923. The van der Waals surface area contributed by atoms with Crippen LogP contribution in [-0.4, -0.2) is 27.3 Å². The van der Waals surface area contributed by atoms with Crippen molar-refractivity contribution >= 4 is 5.91 Å². The van der Waals surface area contributed by atoms with Crippen molar-refractivity contribution in [1.29, 1.82) is 0 Å². The highest BCUT2D eigenvalue weighted by atomic mass is 16.5. The first kappa shape index (κ1) is 17.4. The summed E-state index contributed by atoms with van der Waals surface area (Å²) < 4.78 is 7.83. The Morgan fingerprint density at radius 1 is 1.19 bits per heavy atom. The van der Waals surface area contributed by atoms with Crippen LogP contribution in [0.2, 0.25) is 0 Å². The standard InChI is InChI=1S/C21H22N4O2/c1-15-6-2-3-8-18(15)25-19(9-12-24-25)20-17(10-13-27-20)21(26)23-14-16-7-4-5-11-22-16/h2-9,11-12,17,20H,10,13-14H2,1H3,(H,23,26)/t17-,20-/m0/s1. The molecule has 0 aliphatic carbocycles. The number of nitrogens with one attached hydrogen (secondary N) is 1. The maximum Gasteiger partial charge on any atom is 0.226 e. The second-order valence-corrected chi connectivity index (χ2v) is 6.68. The van der Waals surface area contributed by atoms with Crippen molar-refractivity contribution in [3.05, 3.63) is 77.9 Å². The quantitative estimate of drug-likeness (QED) is 0.758. The van der Waals surface area contributed by atoms with Crippen molar-refractivity contribution < 1.29 is 9.53 Å². The van der Waals surface area contributed by atoms with Crippen LogP contribution >= 0.6 is 0 Å². The molecule has 2 aromatic heterocycles. The summed E-state index contributed by atoms with van der Waals surface area (Å²) in [6.45, 7) is 3.03. The van der Waals surface area contributed by atoms with Crippen LogP contribution in [0.25, 0.3) is 5.69 Å². The molecule has 27 heavy (non-hydrogen) atoms. The van der Waals surface area contributed by atoms with Gasteiger partial charge in [0, 0.05) is 19.0 Å². The minimum Gasteiger partial charge on any atom is -0.371 e. The van der Waals surface area contributed by atoms with Gasteiger partial charge in [0.15, 0.2) is 0 Å². The van der Waals surface area contributed by atoms with Gasteiger partial charge in [-0.2, -0.15) is 5.10 Å². The molecule has 3 aromatic rings. The third-order valence-corrected chi connectivity index (χ3v) is 4.91. The van der Waals surface area contributed by atoms with E-state index in [-0.39, 0.29) is 17.9 Å². The van der Waals surface area contributed by atoms with Crippen LogP contribution < -0.4 is 5.32 Å². The molecular formula is C21H22N4O2. The van der Waals surface area contributed by atoms with E-state index in [0.29, 0.717) is 19.6 Å². The van der Waals surface area contributed by atoms with Gasteiger partial charge in [0.05, 0.1) is 29.5 Å². The minimum atomic E-state index is -0.309. The van der Waals surface area contributed by atoms with E-state index in [9.17, 15) is 4.79 Å². The maximum absolute atomic E-state index is 12.8. The molecule has 1 N–H and O–H groups in total. The normalized spacial score (nSPS) is 19.1. The monoisotopic (exact) mass is 362 g/mol. The first-order chi connectivity index (χ1) is 13.2. The summed E-state index contributed by atoms with van der Waals surface area (Å²) in [5.74, 6) is -0.256. The molecule has 0 radical (unpaired) electrons. The molecule has 138 valence electrons. The molecule has 4 rings (SSSR count). The molecule has 0 bridgehead atoms. The van der Waals surface area contributed by atoms with Crippen LogP contribution in [0.3, 0.4) is 0 Å². The number of hydrogen-bond donors (Lipinski definition) is 1. The fourth-order valence-electron chi connectivity index (χ4n) is 3.49. The molecule has 0 unspecified atom stereocenters. The fraction of sp³-hybridized carbons (Fsp3) is 0.286. The van der Waals surface area contributed by atoms with Crippen molar-refractivity contribution in [2.45, 2.75) is 26.0 Å². The molecule has 2 atom stereocenters. The Morgan fingerprint density at radius 2 is 2.04 bits per heavy atom. The third-order valence-electron chi connectivity index (χ3n) is 4.91. The van der Waals surface area contributed by atoms with Crippen LogP contribution in [-0.2, 0) is 16.1 Å². The largest absolute Gasteiger partial charge is 0.371 e. The molecule has 6 nitrogen and oxygen atoms in total. The molecule has 1 aromatic carbocycles. The van der Waals surface area contributed by atoms with Gasteiger partial charge >= 0.3 is 0 Å². The van der Waals surface area contributed by atoms with E-state index >= 15 is 0 Å². The van der Waals surface area contributed by atoms with Gasteiger partial charge < -0.3 is 10.1 Å². The van der Waals surface area contributed by atoms with E-state index in [1.165, 1.54) is 0 Å². The van der Waals surface area contributed by atoms with Crippen molar-refractivity contribution in [3.8, 4) is 5.69 Å². The summed E-state index contributed by atoms with van der Waals surface area (Å²) in [4.78, 5) is 17.0. The Hall–Kier alpha value is -2.99. The van der Waals surface area contributed by atoms with Gasteiger partial charge in [-0.3, -0.25) is 9.78 Å². The molecule has 1 amide bonds. The van der Waals surface area contributed by atoms with Crippen LogP contribution in [0.4, 0.5) is 0 Å². The Kier molecular flexibility index (Phi) is 4.98. The second-order valence-electron chi connectivity index (χ2n) is 6.68. The number of aromatic nitrogens is 3. The topological polar surface area (TPSA) is 69.0 Å². The van der Waals surface area contributed by atoms with Gasteiger partial charge in [-0.25, -0.2) is 4.68 Å². The number of carbonyl (C=O) groups excluding carboxylic acids is 1. The first-order valence-corrected chi connectivity index (χ1v) is 9.13. The van der Waals surface area contributed by atoms with Crippen LogP contribution in [0.1, 0.15) is 29.5 Å². The lowest BCUT2D eigenvalue weighted by Gasteiger charge is -2.20. The number of pyridine rings is 1. The van der Waals surface area contributed by atoms with Crippen molar-refractivity contribution in [3.63, 3.8) is 0 Å². The fourth-order valence-corrected chi connectivity index (χ4v) is 3.49. The highest BCUT2D eigenvalue weighted by molar-refractivity contribution is 5.79. The number of nitrogens with zero attached hydrogens (tertiary/aromatic N) is 3. The summed E-state index contributed by atoms with van der Waals surface area (Å²) in [6, 6.07) is 15.7. The average molecular weight is 362 g/mol. The molecular weight excluding hydrogens is 340 g/mol. The lowest BCUT2D eigenvalue weighted by molar-refractivity contribution is -0.127. The van der Waals surface area contributed by atoms with Crippen molar-refractivity contribution in [2.24, 2.45) is 5.92 Å². The van der Waals surface area contributed by atoms with E-state index in [4.69, 9.17) is 4.74 Å². The van der Waals surface area contributed by atoms with Crippen molar-refractivity contribution in [1.82, 2.24) is 20.1 Å². The number of aryl methyl sites for hydroxylation is 1.